The van der Waals surface area contributed by atoms with Crippen molar-refractivity contribution in [3.05, 3.63) is 44.1 Å². The summed E-state index contributed by atoms with van der Waals surface area (Å²) in [6.45, 7) is 22.3. The Morgan fingerprint density at radius 2 is 1.84 bits per heavy atom. The lowest BCUT2D eigenvalue weighted by atomic mass is 10.1. The van der Waals surface area contributed by atoms with Crippen molar-refractivity contribution < 1.29 is 18.6 Å². The van der Waals surface area contributed by atoms with Crippen LogP contribution in [-0.2, 0) is 18.6 Å². The number of hydrogen-bond acceptors (Lipinski definition) is 6. The maximum Gasteiger partial charge on any atom is 0.331 e. The number of hydrogen-bond donors (Lipinski definition) is 1. The van der Waals surface area contributed by atoms with Crippen molar-refractivity contribution in [2.24, 2.45) is 0 Å². The van der Waals surface area contributed by atoms with Gasteiger partial charge in [0.25, 0.3) is 5.56 Å². The van der Waals surface area contributed by atoms with E-state index in [4.69, 9.17) is 18.6 Å². The normalized spacial score (nSPS) is 28.7. The van der Waals surface area contributed by atoms with E-state index in [0.29, 0.717) is 12.0 Å². The van der Waals surface area contributed by atoms with Gasteiger partial charge in [-0.15, -0.1) is 0 Å². The average Bonchev–Trinajstić information content (AvgIpc) is 3.10. The predicted octanol–water partition coefficient (Wildman–Crippen LogP) is 1.35. The van der Waals surface area contributed by atoms with E-state index < -0.39 is 49.9 Å². The van der Waals surface area contributed by atoms with Crippen LogP contribution in [0.3, 0.4) is 0 Å². The second kappa shape index (κ2) is 7.97. The minimum Gasteiger partial charge on any atom is -0.414 e. The van der Waals surface area contributed by atoms with E-state index in [1.807, 2.05) is 13.8 Å². The van der Waals surface area contributed by atoms with Gasteiger partial charge in [0.1, 0.15) is 18.3 Å². The molecule has 4 atom stereocenters. The zero-order valence-electron chi connectivity index (χ0n) is 19.5. The van der Waals surface area contributed by atoms with E-state index in [9.17, 15) is 9.59 Å². The molecule has 1 aromatic heterocycles. The molecular weight excluding hydrogens is 416 g/mol. The molecule has 1 aromatic rings. The largest absolute Gasteiger partial charge is 0.414 e. The molecule has 31 heavy (non-hydrogen) atoms. The molecule has 2 saturated heterocycles. The quantitative estimate of drug-likeness (QED) is 0.681. The molecule has 0 amide bonds. The van der Waals surface area contributed by atoms with Crippen molar-refractivity contribution in [2.75, 3.05) is 6.61 Å². The molecule has 0 radical (unpaired) electrons. The minimum absolute atomic E-state index is 0.0431. The zero-order valence-corrected chi connectivity index (χ0v) is 20.5. The fourth-order valence-corrected chi connectivity index (χ4v) is 4.67. The Labute approximate surface area is 183 Å². The molecule has 0 aliphatic carbocycles. The van der Waals surface area contributed by atoms with Crippen molar-refractivity contribution in [1.29, 1.82) is 0 Å². The summed E-state index contributed by atoms with van der Waals surface area (Å²) in [5.74, 6) is -0.839. The van der Waals surface area contributed by atoms with Crippen molar-refractivity contribution in [1.82, 2.24) is 9.55 Å². The van der Waals surface area contributed by atoms with Crippen LogP contribution >= 0.6 is 0 Å². The Morgan fingerprint density at radius 1 is 1.23 bits per heavy atom. The van der Waals surface area contributed by atoms with Gasteiger partial charge in [-0.25, -0.2) is 4.79 Å². The van der Waals surface area contributed by atoms with Gasteiger partial charge < -0.3 is 18.6 Å². The van der Waals surface area contributed by atoms with Crippen LogP contribution in [0.4, 0.5) is 0 Å². The van der Waals surface area contributed by atoms with Crippen LogP contribution < -0.4 is 21.8 Å². The van der Waals surface area contributed by atoms with Gasteiger partial charge in [-0.2, -0.15) is 0 Å². The first kappa shape index (κ1) is 23.9. The van der Waals surface area contributed by atoms with Crippen LogP contribution in [0.5, 0.6) is 0 Å². The molecule has 1 N–H and O–H groups in total. The highest BCUT2D eigenvalue weighted by Crippen LogP contribution is 2.43. The second-order valence-electron chi connectivity index (χ2n) is 10.1. The van der Waals surface area contributed by atoms with Crippen molar-refractivity contribution in [3.63, 3.8) is 0 Å². The maximum atomic E-state index is 12.8. The Bertz CT molecular complexity index is 1080. The number of ether oxygens (including phenoxy) is 3. The molecule has 172 valence electrons. The minimum atomic E-state index is -2.03. The lowest BCUT2D eigenvalue weighted by Crippen LogP contribution is -2.55. The van der Waals surface area contributed by atoms with Crippen LogP contribution in [0.2, 0.25) is 18.1 Å². The molecule has 8 nitrogen and oxygen atoms in total. The Kier molecular flexibility index (Phi) is 6.14. The summed E-state index contributed by atoms with van der Waals surface area (Å²) >= 11 is 0. The van der Waals surface area contributed by atoms with Gasteiger partial charge in [-0.3, -0.25) is 14.3 Å². The first-order valence-electron chi connectivity index (χ1n) is 10.5. The number of aromatic amines is 1. The topological polar surface area (TPSA) is 91.8 Å². The van der Waals surface area contributed by atoms with Crippen molar-refractivity contribution >= 4 is 21.0 Å². The highest BCUT2D eigenvalue weighted by Gasteiger charge is 2.56. The third kappa shape index (κ3) is 4.42. The number of aromatic nitrogens is 2. The summed E-state index contributed by atoms with van der Waals surface area (Å²) in [5.41, 5.74) is -1.15. The van der Waals surface area contributed by atoms with Crippen LogP contribution in [0.1, 0.15) is 40.8 Å². The van der Waals surface area contributed by atoms with E-state index >= 15 is 0 Å². The standard InChI is InChI=1S/C22H34N2O6Si/c1-10-11-14-13(2)18(25)23-20(26)24(14)19-17-16(29-22(6,7)30-17)15(28-19)12-27-31(8,9)21(3,4)5/h10-11,15-17,19H,1-2,12H2,3-9H3,(H,23,25,26)/b14-11-/t15-,16-,17-,19-/m1/s1. The molecule has 0 bridgehead atoms. The lowest BCUT2D eigenvalue weighted by Gasteiger charge is -2.37. The number of nitrogens with zero attached hydrogens (tertiary/aromatic N) is 1. The zero-order chi connectivity index (χ0) is 23.4. The Morgan fingerprint density at radius 3 is 2.42 bits per heavy atom. The van der Waals surface area contributed by atoms with Crippen LogP contribution in [0, 0.1) is 0 Å². The molecule has 2 fully saturated rings. The molecule has 2 aliphatic rings. The SMILES string of the molecule is C=C/C=c1/c(=C)c(=O)[nH]c(=O)n1[C@@H]1O[C@H](CO[Si](C)(C)C(C)(C)C)[C@H]2OC(C)(C)O[C@H]21. The van der Waals surface area contributed by atoms with Gasteiger partial charge in [-0.1, -0.05) is 40.0 Å². The van der Waals surface area contributed by atoms with Crippen LogP contribution in [0.25, 0.3) is 12.7 Å². The molecular formula is C22H34N2O6Si. The van der Waals surface area contributed by atoms with Gasteiger partial charge in [0, 0.05) is 0 Å². The highest BCUT2D eigenvalue weighted by atomic mass is 28.4. The second-order valence-corrected chi connectivity index (χ2v) is 14.9. The van der Waals surface area contributed by atoms with Crippen molar-refractivity contribution in [2.45, 2.75) is 83.1 Å². The number of allylic oxidation sites excluding steroid dienone is 1. The molecule has 2 aliphatic heterocycles. The number of nitrogens with one attached hydrogen (secondary N) is 1. The molecule has 3 rings (SSSR count). The van der Waals surface area contributed by atoms with Gasteiger partial charge in [0.05, 0.1) is 17.2 Å². The smallest absolute Gasteiger partial charge is 0.331 e. The molecule has 0 unspecified atom stereocenters. The predicted molar refractivity (Wildman–Crippen MR) is 122 cm³/mol. The molecule has 9 heteroatoms. The highest BCUT2D eigenvalue weighted by molar-refractivity contribution is 6.74. The average molecular weight is 451 g/mol. The molecule has 0 aromatic carbocycles. The fourth-order valence-electron chi connectivity index (χ4n) is 3.66. The first-order valence-corrected chi connectivity index (χ1v) is 13.4. The van der Waals surface area contributed by atoms with E-state index in [-0.39, 0.29) is 10.3 Å². The molecule has 0 saturated carbocycles. The monoisotopic (exact) mass is 450 g/mol. The number of rotatable bonds is 5. The van der Waals surface area contributed by atoms with Gasteiger partial charge in [0.15, 0.2) is 20.3 Å². The summed E-state index contributed by atoms with van der Waals surface area (Å²) in [4.78, 5) is 27.2. The van der Waals surface area contributed by atoms with Gasteiger partial charge >= 0.3 is 5.69 Å². The van der Waals surface area contributed by atoms with E-state index in [1.165, 1.54) is 10.6 Å². The lowest BCUT2D eigenvalue weighted by molar-refractivity contribution is -0.200. The maximum absolute atomic E-state index is 12.8. The third-order valence-electron chi connectivity index (χ3n) is 6.35. The van der Waals surface area contributed by atoms with Crippen LogP contribution in [0.15, 0.2) is 22.2 Å². The number of H-pyrrole nitrogens is 1. The summed E-state index contributed by atoms with van der Waals surface area (Å²) < 4.78 is 26.3. The summed E-state index contributed by atoms with van der Waals surface area (Å²) in [6, 6.07) is 0. The van der Waals surface area contributed by atoms with Crippen molar-refractivity contribution in [3.8, 4) is 0 Å². The Balaban J connectivity index is 2.03. The Hall–Kier alpha value is -1.78. The molecule has 3 heterocycles. The molecule has 0 spiro atoms. The summed E-state index contributed by atoms with van der Waals surface area (Å²) in [5, 5.41) is 0.520. The third-order valence-corrected chi connectivity index (χ3v) is 10.9. The van der Waals surface area contributed by atoms with E-state index in [0.717, 1.165) is 0 Å². The van der Waals surface area contributed by atoms with E-state index in [1.54, 1.807) is 6.08 Å². The summed E-state index contributed by atoms with van der Waals surface area (Å²) in [6.07, 6.45) is 0.847. The fraction of sp³-hybridized carbons (Fsp3) is 0.636. The number of fused-ring (bicyclic) bond motifs is 1. The van der Waals surface area contributed by atoms with E-state index in [2.05, 4.69) is 52.0 Å². The summed E-state index contributed by atoms with van der Waals surface area (Å²) in [7, 11) is -2.03. The van der Waals surface area contributed by atoms with Gasteiger partial charge in [0.2, 0.25) is 0 Å². The van der Waals surface area contributed by atoms with Gasteiger partial charge in [-0.05, 0) is 38.1 Å². The van der Waals surface area contributed by atoms with Crippen LogP contribution in [-0.4, -0.2) is 48.6 Å². The first-order chi connectivity index (χ1) is 14.2.